The van der Waals surface area contributed by atoms with Gasteiger partial charge in [-0.1, -0.05) is 11.6 Å². The minimum atomic E-state index is -0.753. The van der Waals surface area contributed by atoms with Gasteiger partial charge in [0.25, 0.3) is 5.91 Å². The van der Waals surface area contributed by atoms with Crippen LogP contribution in [0.5, 0.6) is 5.75 Å². The number of ketones is 1. The molecule has 140 valence electrons. The maximum atomic E-state index is 13.9. The van der Waals surface area contributed by atoms with E-state index in [4.69, 9.17) is 16.3 Å². The van der Waals surface area contributed by atoms with E-state index in [-0.39, 0.29) is 17.8 Å². The number of hydrogen-bond donors (Lipinski definition) is 0. The van der Waals surface area contributed by atoms with Gasteiger partial charge in [0.2, 0.25) is 0 Å². The molecular formula is C20H16ClF2NO3. The largest absolute Gasteiger partial charge is 0.486 e. The fraction of sp³-hybridized carbons (Fsp3) is 0.300. The van der Waals surface area contributed by atoms with Gasteiger partial charge in [-0.25, -0.2) is 8.78 Å². The van der Waals surface area contributed by atoms with Crippen molar-refractivity contribution >= 4 is 23.3 Å². The number of nitrogens with zero attached hydrogens (tertiary/aromatic N) is 1. The summed E-state index contributed by atoms with van der Waals surface area (Å²) < 4.78 is 33.4. The molecule has 1 spiro atoms. The lowest BCUT2D eigenvalue weighted by Crippen LogP contribution is -2.52. The van der Waals surface area contributed by atoms with Gasteiger partial charge in [0.05, 0.1) is 17.5 Å². The molecule has 2 aliphatic rings. The fourth-order valence-corrected chi connectivity index (χ4v) is 3.87. The van der Waals surface area contributed by atoms with Crippen LogP contribution in [0.1, 0.15) is 40.0 Å². The van der Waals surface area contributed by atoms with Crippen molar-refractivity contribution in [2.24, 2.45) is 0 Å². The number of likely N-dealkylation sites (tertiary alicyclic amines) is 1. The molecule has 0 N–H and O–H groups in total. The molecule has 2 aliphatic heterocycles. The van der Waals surface area contributed by atoms with Crippen molar-refractivity contribution in [3.05, 3.63) is 64.2 Å². The average Bonchev–Trinajstić information content (AvgIpc) is 2.65. The van der Waals surface area contributed by atoms with Crippen LogP contribution in [0.3, 0.4) is 0 Å². The van der Waals surface area contributed by atoms with Gasteiger partial charge in [0, 0.05) is 31.0 Å². The summed E-state index contributed by atoms with van der Waals surface area (Å²) in [6.45, 7) is 0.593. The van der Waals surface area contributed by atoms with E-state index in [2.05, 4.69) is 0 Å². The normalized spacial score (nSPS) is 18.2. The van der Waals surface area contributed by atoms with Crippen molar-refractivity contribution in [3.63, 3.8) is 0 Å². The van der Waals surface area contributed by atoms with Crippen molar-refractivity contribution in [1.29, 1.82) is 0 Å². The first-order chi connectivity index (χ1) is 12.9. The van der Waals surface area contributed by atoms with Gasteiger partial charge in [-0.05, 0) is 36.4 Å². The topological polar surface area (TPSA) is 46.6 Å². The van der Waals surface area contributed by atoms with Crippen LogP contribution in [0, 0.1) is 11.6 Å². The Bertz CT molecular complexity index is 939. The number of ether oxygens (including phenoxy) is 1. The van der Waals surface area contributed by atoms with E-state index in [9.17, 15) is 18.4 Å². The highest BCUT2D eigenvalue weighted by atomic mass is 35.5. The third-order valence-corrected chi connectivity index (χ3v) is 5.41. The first kappa shape index (κ1) is 17.9. The van der Waals surface area contributed by atoms with Crippen LogP contribution >= 0.6 is 11.6 Å². The molecule has 4 nitrogen and oxygen atoms in total. The molecule has 1 saturated heterocycles. The van der Waals surface area contributed by atoms with E-state index in [1.807, 2.05) is 0 Å². The summed E-state index contributed by atoms with van der Waals surface area (Å²) in [7, 11) is 0. The quantitative estimate of drug-likeness (QED) is 0.729. The van der Waals surface area contributed by atoms with Crippen molar-refractivity contribution in [3.8, 4) is 5.75 Å². The standard InChI is InChI=1S/C20H16ClF2NO3/c21-12-1-4-18-15(9-12)17(25)11-20(27-18)5-7-24(8-6-20)19(26)14-10-13(22)2-3-16(14)23/h1-4,9-10H,5-8,11H2. The van der Waals surface area contributed by atoms with Crippen molar-refractivity contribution < 1.29 is 23.1 Å². The van der Waals surface area contributed by atoms with Crippen LogP contribution < -0.4 is 4.74 Å². The number of carbonyl (C=O) groups excluding carboxylic acids is 2. The summed E-state index contributed by atoms with van der Waals surface area (Å²) >= 11 is 5.95. The molecule has 0 bridgehead atoms. The van der Waals surface area contributed by atoms with Gasteiger partial charge in [-0.2, -0.15) is 0 Å². The van der Waals surface area contributed by atoms with E-state index in [1.54, 1.807) is 18.2 Å². The van der Waals surface area contributed by atoms with E-state index in [0.717, 1.165) is 18.2 Å². The molecule has 0 saturated carbocycles. The fourth-order valence-electron chi connectivity index (χ4n) is 3.69. The third kappa shape index (κ3) is 3.30. The number of fused-ring (bicyclic) bond motifs is 1. The first-order valence-electron chi connectivity index (χ1n) is 8.63. The van der Waals surface area contributed by atoms with Gasteiger partial charge in [-0.15, -0.1) is 0 Å². The number of carbonyl (C=O) groups is 2. The SMILES string of the molecule is O=C1CC2(CCN(C(=O)c3cc(F)ccc3F)CC2)Oc2ccc(Cl)cc21. The zero-order valence-electron chi connectivity index (χ0n) is 14.3. The minimum absolute atomic E-state index is 0.0466. The molecule has 0 unspecified atom stereocenters. The van der Waals surface area contributed by atoms with Gasteiger partial charge in [0.1, 0.15) is 23.0 Å². The Morgan fingerprint density at radius 3 is 2.59 bits per heavy atom. The predicted octanol–water partition coefficient (Wildman–Crippen LogP) is 4.26. The predicted molar refractivity (Wildman–Crippen MR) is 95.3 cm³/mol. The summed E-state index contributed by atoms with van der Waals surface area (Å²) in [5.74, 6) is -1.53. The average molecular weight is 392 g/mol. The monoisotopic (exact) mass is 391 g/mol. The van der Waals surface area contributed by atoms with Crippen LogP contribution in [0.15, 0.2) is 36.4 Å². The Balaban J connectivity index is 1.50. The van der Waals surface area contributed by atoms with Gasteiger partial charge < -0.3 is 9.64 Å². The highest BCUT2D eigenvalue weighted by molar-refractivity contribution is 6.31. The van der Waals surface area contributed by atoms with Crippen LogP contribution in [0.2, 0.25) is 5.02 Å². The first-order valence-corrected chi connectivity index (χ1v) is 9.01. The van der Waals surface area contributed by atoms with Crippen LogP contribution in [-0.4, -0.2) is 35.3 Å². The van der Waals surface area contributed by atoms with Crippen molar-refractivity contribution in [2.45, 2.75) is 24.9 Å². The third-order valence-electron chi connectivity index (χ3n) is 5.17. The zero-order chi connectivity index (χ0) is 19.2. The van der Waals surface area contributed by atoms with E-state index in [0.29, 0.717) is 42.3 Å². The Morgan fingerprint density at radius 2 is 1.85 bits per heavy atom. The number of rotatable bonds is 1. The Hall–Kier alpha value is -2.47. The zero-order valence-corrected chi connectivity index (χ0v) is 15.1. The molecule has 0 atom stereocenters. The molecule has 0 aromatic heterocycles. The van der Waals surface area contributed by atoms with E-state index >= 15 is 0 Å². The number of piperidine rings is 1. The smallest absolute Gasteiger partial charge is 0.256 e. The molecule has 1 fully saturated rings. The summed E-state index contributed by atoms with van der Waals surface area (Å²) in [4.78, 5) is 26.5. The lowest BCUT2D eigenvalue weighted by Gasteiger charge is -2.44. The molecule has 0 aliphatic carbocycles. The lowest BCUT2D eigenvalue weighted by molar-refractivity contribution is -0.00580. The van der Waals surface area contributed by atoms with Gasteiger partial charge in [0.15, 0.2) is 5.78 Å². The molecule has 1 amide bonds. The molecule has 7 heteroatoms. The number of Topliss-reactive ketones (excluding diaryl/α,β-unsaturated/α-hetero) is 1. The Morgan fingerprint density at radius 1 is 1.11 bits per heavy atom. The Kier molecular flexibility index (Phi) is 4.38. The van der Waals surface area contributed by atoms with Crippen LogP contribution in [0.25, 0.3) is 0 Å². The summed E-state index contributed by atoms with van der Waals surface area (Å²) in [6.07, 6.45) is 1.07. The Labute approximate surface area is 159 Å². The molecule has 27 heavy (non-hydrogen) atoms. The van der Waals surface area contributed by atoms with E-state index < -0.39 is 23.1 Å². The molecule has 4 rings (SSSR count). The summed E-state index contributed by atoms with van der Waals surface area (Å²) in [6, 6.07) is 7.76. The molecular weight excluding hydrogens is 376 g/mol. The second kappa shape index (κ2) is 6.60. The highest BCUT2D eigenvalue weighted by Gasteiger charge is 2.44. The second-order valence-electron chi connectivity index (χ2n) is 6.94. The summed E-state index contributed by atoms with van der Waals surface area (Å²) in [5.41, 5.74) is -0.505. The number of halogens is 3. The highest BCUT2D eigenvalue weighted by Crippen LogP contribution is 2.40. The van der Waals surface area contributed by atoms with Crippen LogP contribution in [-0.2, 0) is 0 Å². The molecule has 2 aromatic rings. The second-order valence-corrected chi connectivity index (χ2v) is 7.38. The molecule has 0 radical (unpaired) electrons. The maximum Gasteiger partial charge on any atom is 0.256 e. The van der Waals surface area contributed by atoms with Crippen molar-refractivity contribution in [2.75, 3.05) is 13.1 Å². The van der Waals surface area contributed by atoms with E-state index in [1.165, 1.54) is 4.90 Å². The lowest BCUT2D eigenvalue weighted by atomic mass is 9.82. The molecule has 2 aromatic carbocycles. The van der Waals surface area contributed by atoms with Crippen LogP contribution in [0.4, 0.5) is 8.78 Å². The number of benzene rings is 2. The maximum absolute atomic E-state index is 13.9. The van der Waals surface area contributed by atoms with Crippen molar-refractivity contribution in [1.82, 2.24) is 4.90 Å². The van der Waals surface area contributed by atoms with Gasteiger partial charge >= 0.3 is 0 Å². The number of hydrogen-bond acceptors (Lipinski definition) is 3. The molecule has 2 heterocycles. The minimum Gasteiger partial charge on any atom is -0.486 e. The summed E-state index contributed by atoms with van der Waals surface area (Å²) in [5, 5.41) is 0.471. The van der Waals surface area contributed by atoms with Gasteiger partial charge in [-0.3, -0.25) is 9.59 Å². The number of amides is 1.